The van der Waals surface area contributed by atoms with Crippen molar-refractivity contribution < 1.29 is 0 Å². The van der Waals surface area contributed by atoms with Crippen LogP contribution in [0.1, 0.15) is 39.8 Å². The molecule has 4 aromatic carbocycles. The molecule has 31 heavy (non-hydrogen) atoms. The normalized spacial score (nSPS) is 20.0. The molecule has 0 radical (unpaired) electrons. The molecule has 3 aliphatic rings. The van der Waals surface area contributed by atoms with Crippen LogP contribution >= 0.6 is 11.8 Å². The quantitative estimate of drug-likeness (QED) is 0.344. The van der Waals surface area contributed by atoms with Gasteiger partial charge in [-0.1, -0.05) is 96.1 Å². The topological polar surface area (TPSA) is 0 Å². The second-order valence-corrected chi connectivity index (χ2v) is 9.99. The number of allylic oxidation sites excluding steroid dienone is 1. The highest BCUT2D eigenvalue weighted by Crippen LogP contribution is 2.63. The first-order chi connectivity index (χ1) is 15.3. The molecule has 0 saturated carbocycles. The molecule has 1 atom stereocenters. The lowest BCUT2D eigenvalue weighted by molar-refractivity contribution is 0.659. The fraction of sp³-hybridized carbons (Fsp3) is 0.103. The van der Waals surface area contributed by atoms with E-state index in [1.165, 1.54) is 54.2 Å². The maximum Gasteiger partial charge on any atom is 0.139 e. The zero-order valence-electron chi connectivity index (χ0n) is 17.5. The Labute approximate surface area is 188 Å². The van der Waals surface area contributed by atoms with E-state index in [1.54, 1.807) is 5.57 Å². The van der Waals surface area contributed by atoms with Crippen LogP contribution in [0, 0.1) is 0 Å². The fourth-order valence-corrected chi connectivity index (χ4v) is 7.35. The number of rotatable bonds is 0. The third kappa shape index (κ3) is 2.19. The summed E-state index contributed by atoms with van der Waals surface area (Å²) in [6, 6.07) is 34.3. The minimum Gasteiger partial charge on any atom is -0.0894 e. The predicted octanol–water partition coefficient (Wildman–Crippen LogP) is 5.51. The van der Waals surface area contributed by atoms with E-state index >= 15 is 0 Å². The van der Waals surface area contributed by atoms with Gasteiger partial charge in [-0.15, -0.1) is 0 Å². The molecule has 0 nitrogen and oxygen atoms in total. The molecule has 0 fully saturated rings. The van der Waals surface area contributed by atoms with E-state index in [1.807, 2.05) is 11.8 Å². The largest absolute Gasteiger partial charge is 0.139 e. The van der Waals surface area contributed by atoms with Crippen molar-refractivity contribution in [3.05, 3.63) is 130 Å². The summed E-state index contributed by atoms with van der Waals surface area (Å²) in [5.41, 5.74) is 12.9. The molecule has 0 N–H and O–H groups in total. The monoisotopic (exact) mass is 412 g/mol. The standard InChI is InChI=1S/C29H21BS/c30-19-14-16-27-25(17-19)29(23-11-5-6-12-26(23)31-27)22-10-4-3-9-21(22)28-20-8-2-1-7-18(20)13-15-24(28)29/h1-12,14,16-17H,13,15,30H2. The van der Waals surface area contributed by atoms with Crippen molar-refractivity contribution >= 4 is 30.6 Å². The van der Waals surface area contributed by atoms with Crippen LogP contribution in [0.5, 0.6) is 0 Å². The Kier molecular flexibility index (Phi) is 3.58. The van der Waals surface area contributed by atoms with E-state index in [0.29, 0.717) is 0 Å². The van der Waals surface area contributed by atoms with Crippen LogP contribution in [0.25, 0.3) is 5.57 Å². The summed E-state index contributed by atoms with van der Waals surface area (Å²) in [6.45, 7) is 0. The van der Waals surface area contributed by atoms with E-state index in [4.69, 9.17) is 0 Å². The molecule has 1 unspecified atom stereocenters. The molecule has 0 saturated heterocycles. The zero-order chi connectivity index (χ0) is 20.6. The molecule has 2 aliphatic carbocycles. The zero-order valence-corrected chi connectivity index (χ0v) is 18.3. The van der Waals surface area contributed by atoms with Gasteiger partial charge in [0.25, 0.3) is 0 Å². The molecule has 0 amide bonds. The minimum absolute atomic E-state index is 0.192. The molecule has 1 aliphatic heterocycles. The van der Waals surface area contributed by atoms with E-state index in [9.17, 15) is 0 Å². The number of hydrogen-bond acceptors (Lipinski definition) is 1. The van der Waals surface area contributed by atoms with Crippen molar-refractivity contribution in [3.8, 4) is 0 Å². The van der Waals surface area contributed by atoms with Gasteiger partial charge >= 0.3 is 0 Å². The third-order valence-electron chi connectivity index (χ3n) is 7.34. The van der Waals surface area contributed by atoms with Crippen molar-refractivity contribution in [2.75, 3.05) is 0 Å². The first kappa shape index (κ1) is 17.7. The summed E-state index contributed by atoms with van der Waals surface area (Å²) in [5.74, 6) is 0. The molecule has 2 heteroatoms. The van der Waals surface area contributed by atoms with Gasteiger partial charge < -0.3 is 0 Å². The van der Waals surface area contributed by atoms with Gasteiger partial charge in [-0.2, -0.15) is 0 Å². The lowest BCUT2D eigenvalue weighted by Gasteiger charge is -2.42. The van der Waals surface area contributed by atoms with E-state index < -0.39 is 0 Å². The van der Waals surface area contributed by atoms with Crippen LogP contribution in [-0.4, -0.2) is 7.85 Å². The summed E-state index contributed by atoms with van der Waals surface area (Å²) >= 11 is 1.93. The number of aryl methyl sites for hydroxylation is 1. The first-order valence-electron chi connectivity index (χ1n) is 11.1. The summed E-state index contributed by atoms with van der Waals surface area (Å²) in [7, 11) is 2.23. The highest BCUT2D eigenvalue weighted by Gasteiger charge is 2.52. The maximum absolute atomic E-state index is 2.45. The molecule has 4 aromatic rings. The number of hydrogen-bond donors (Lipinski definition) is 0. The Bertz CT molecular complexity index is 1430. The van der Waals surface area contributed by atoms with Crippen LogP contribution in [0.2, 0.25) is 0 Å². The van der Waals surface area contributed by atoms with Gasteiger partial charge in [0.05, 0.1) is 5.41 Å². The first-order valence-corrected chi connectivity index (χ1v) is 11.9. The average molecular weight is 412 g/mol. The molecule has 7 rings (SSSR count). The second kappa shape index (κ2) is 6.28. The van der Waals surface area contributed by atoms with Crippen molar-refractivity contribution in [3.63, 3.8) is 0 Å². The van der Waals surface area contributed by atoms with Crippen LogP contribution < -0.4 is 5.46 Å². The molecular weight excluding hydrogens is 391 g/mol. The van der Waals surface area contributed by atoms with E-state index in [-0.39, 0.29) is 5.41 Å². The van der Waals surface area contributed by atoms with Crippen LogP contribution in [0.3, 0.4) is 0 Å². The SMILES string of the molecule is Bc1ccc2c(c1)C1(C3=C(c4ccccc4CC3)c3ccccc31)c1ccccc1S2. The third-order valence-corrected chi connectivity index (χ3v) is 8.49. The summed E-state index contributed by atoms with van der Waals surface area (Å²) in [4.78, 5) is 2.79. The van der Waals surface area contributed by atoms with Gasteiger partial charge in [0.2, 0.25) is 0 Å². The number of fused-ring (bicyclic) bond motifs is 10. The lowest BCUT2D eigenvalue weighted by atomic mass is 9.64. The van der Waals surface area contributed by atoms with Gasteiger partial charge in [-0.05, 0) is 69.5 Å². The summed E-state index contributed by atoms with van der Waals surface area (Å²) in [5, 5.41) is 0. The van der Waals surface area contributed by atoms with E-state index in [0.717, 1.165) is 12.8 Å². The van der Waals surface area contributed by atoms with E-state index in [2.05, 4.69) is 98.8 Å². The van der Waals surface area contributed by atoms with Crippen LogP contribution in [-0.2, 0) is 11.8 Å². The molecule has 146 valence electrons. The van der Waals surface area contributed by atoms with Gasteiger partial charge in [-0.25, -0.2) is 0 Å². The Hall–Kier alpha value is -2.97. The maximum atomic E-state index is 2.45. The highest BCUT2D eigenvalue weighted by molar-refractivity contribution is 7.99. The molecule has 0 aromatic heterocycles. The van der Waals surface area contributed by atoms with Crippen molar-refractivity contribution in [1.29, 1.82) is 0 Å². The Balaban J connectivity index is 1.69. The number of benzene rings is 4. The van der Waals surface area contributed by atoms with Gasteiger partial charge in [-0.3, -0.25) is 0 Å². The van der Waals surface area contributed by atoms with Crippen LogP contribution in [0.15, 0.2) is 106 Å². The molecule has 1 heterocycles. The molecule has 0 bridgehead atoms. The lowest BCUT2D eigenvalue weighted by Crippen LogP contribution is -2.34. The van der Waals surface area contributed by atoms with Gasteiger partial charge in [0, 0.05) is 9.79 Å². The second-order valence-electron chi connectivity index (χ2n) is 8.90. The predicted molar refractivity (Wildman–Crippen MR) is 132 cm³/mol. The average Bonchev–Trinajstić information content (AvgIpc) is 3.11. The van der Waals surface area contributed by atoms with Gasteiger partial charge in [0.1, 0.15) is 7.85 Å². The fourth-order valence-electron chi connectivity index (χ4n) is 6.17. The van der Waals surface area contributed by atoms with Crippen molar-refractivity contribution in [1.82, 2.24) is 0 Å². The Morgan fingerprint density at radius 2 is 1.35 bits per heavy atom. The molecule has 1 spiro atoms. The highest BCUT2D eigenvalue weighted by atomic mass is 32.2. The molecular formula is C29H21BS. The van der Waals surface area contributed by atoms with Crippen molar-refractivity contribution in [2.45, 2.75) is 28.0 Å². The van der Waals surface area contributed by atoms with Crippen LogP contribution in [0.4, 0.5) is 0 Å². The Morgan fingerprint density at radius 1 is 0.645 bits per heavy atom. The van der Waals surface area contributed by atoms with Gasteiger partial charge in [0.15, 0.2) is 0 Å². The van der Waals surface area contributed by atoms with Crippen molar-refractivity contribution in [2.24, 2.45) is 0 Å². The smallest absolute Gasteiger partial charge is 0.0894 e. The Morgan fingerprint density at radius 3 is 2.26 bits per heavy atom. The summed E-state index contributed by atoms with van der Waals surface area (Å²) < 4.78 is 0. The summed E-state index contributed by atoms with van der Waals surface area (Å²) in [6.07, 6.45) is 2.22. The minimum atomic E-state index is -0.192.